The van der Waals surface area contributed by atoms with Gasteiger partial charge in [-0.15, -0.1) is 0 Å². The molecule has 144 valence electrons. The van der Waals surface area contributed by atoms with Crippen molar-refractivity contribution in [2.75, 3.05) is 46.0 Å². The number of aliphatic hydroxyl groups is 1. The van der Waals surface area contributed by atoms with E-state index in [1.165, 1.54) is 11.1 Å². The Morgan fingerprint density at radius 1 is 1.19 bits per heavy atom. The SMILES string of the molecule is CCNC(=NCc1ccccc1CN1CCOCC1)NCC1(CO)CC1. The molecule has 2 fully saturated rings. The number of aliphatic imine (C=N–C) groups is 1. The number of nitrogens with one attached hydrogen (secondary N) is 2. The van der Waals surface area contributed by atoms with Gasteiger partial charge in [0.1, 0.15) is 0 Å². The summed E-state index contributed by atoms with van der Waals surface area (Å²) in [5.41, 5.74) is 2.67. The third kappa shape index (κ3) is 5.43. The highest BCUT2D eigenvalue weighted by Gasteiger charge is 2.41. The standard InChI is InChI=1S/C20H32N4O2/c1-2-21-19(23-15-20(16-25)7-8-20)22-13-17-5-3-4-6-18(17)14-24-9-11-26-12-10-24/h3-6,25H,2,7-16H2,1H3,(H2,21,22,23). The van der Waals surface area contributed by atoms with Crippen LogP contribution >= 0.6 is 0 Å². The molecule has 1 aromatic rings. The van der Waals surface area contributed by atoms with Crippen molar-refractivity contribution < 1.29 is 9.84 Å². The van der Waals surface area contributed by atoms with Gasteiger partial charge in [0.05, 0.1) is 26.4 Å². The molecule has 0 spiro atoms. The molecule has 26 heavy (non-hydrogen) atoms. The predicted molar refractivity (Wildman–Crippen MR) is 104 cm³/mol. The summed E-state index contributed by atoms with van der Waals surface area (Å²) in [6.07, 6.45) is 2.19. The first-order valence-electron chi connectivity index (χ1n) is 9.74. The molecule has 0 amide bonds. The van der Waals surface area contributed by atoms with Gasteiger partial charge in [-0.3, -0.25) is 4.90 Å². The normalized spacial score (nSPS) is 20.0. The average Bonchev–Trinajstić information content (AvgIpc) is 3.46. The lowest BCUT2D eigenvalue weighted by Crippen LogP contribution is -2.41. The number of nitrogens with zero attached hydrogens (tertiary/aromatic N) is 2. The fourth-order valence-corrected chi connectivity index (χ4v) is 3.21. The molecule has 1 saturated heterocycles. The summed E-state index contributed by atoms with van der Waals surface area (Å²) in [6.45, 7) is 9.16. The molecular weight excluding hydrogens is 328 g/mol. The van der Waals surface area contributed by atoms with Gasteiger partial charge in [-0.25, -0.2) is 4.99 Å². The maximum Gasteiger partial charge on any atom is 0.191 e. The molecule has 6 nitrogen and oxygen atoms in total. The van der Waals surface area contributed by atoms with E-state index in [1.807, 2.05) is 0 Å². The summed E-state index contributed by atoms with van der Waals surface area (Å²) in [4.78, 5) is 7.21. The minimum absolute atomic E-state index is 0.0738. The zero-order valence-corrected chi connectivity index (χ0v) is 15.8. The third-order valence-electron chi connectivity index (χ3n) is 5.29. The molecule has 0 atom stereocenters. The van der Waals surface area contributed by atoms with Gasteiger partial charge >= 0.3 is 0 Å². The van der Waals surface area contributed by atoms with E-state index in [-0.39, 0.29) is 12.0 Å². The second-order valence-corrected chi connectivity index (χ2v) is 7.36. The van der Waals surface area contributed by atoms with Crippen molar-refractivity contribution in [3.05, 3.63) is 35.4 Å². The number of guanidine groups is 1. The number of benzene rings is 1. The van der Waals surface area contributed by atoms with Crippen LogP contribution in [-0.2, 0) is 17.8 Å². The fourth-order valence-electron chi connectivity index (χ4n) is 3.21. The van der Waals surface area contributed by atoms with Crippen molar-refractivity contribution in [3.63, 3.8) is 0 Å². The van der Waals surface area contributed by atoms with E-state index in [1.54, 1.807) is 0 Å². The van der Waals surface area contributed by atoms with Gasteiger partial charge in [-0.05, 0) is 30.9 Å². The van der Waals surface area contributed by atoms with Crippen LogP contribution in [0.5, 0.6) is 0 Å². The molecule has 0 radical (unpaired) electrons. The van der Waals surface area contributed by atoms with Crippen LogP contribution in [0.4, 0.5) is 0 Å². The van der Waals surface area contributed by atoms with Crippen LogP contribution in [0.2, 0.25) is 0 Å². The smallest absolute Gasteiger partial charge is 0.191 e. The second kappa shape index (κ2) is 9.35. The lowest BCUT2D eigenvalue weighted by molar-refractivity contribution is 0.0341. The van der Waals surface area contributed by atoms with Crippen LogP contribution in [0, 0.1) is 5.41 Å². The first-order valence-corrected chi connectivity index (χ1v) is 9.74. The Morgan fingerprint density at radius 2 is 1.92 bits per heavy atom. The van der Waals surface area contributed by atoms with Gasteiger partial charge in [-0.2, -0.15) is 0 Å². The van der Waals surface area contributed by atoms with Crippen LogP contribution < -0.4 is 10.6 Å². The Kier molecular flexibility index (Phi) is 6.88. The van der Waals surface area contributed by atoms with E-state index in [4.69, 9.17) is 9.73 Å². The van der Waals surface area contributed by atoms with Crippen LogP contribution in [0.15, 0.2) is 29.3 Å². The third-order valence-corrected chi connectivity index (χ3v) is 5.29. The van der Waals surface area contributed by atoms with Crippen LogP contribution in [0.25, 0.3) is 0 Å². The summed E-state index contributed by atoms with van der Waals surface area (Å²) in [7, 11) is 0. The highest BCUT2D eigenvalue weighted by Crippen LogP contribution is 2.44. The molecule has 1 aliphatic heterocycles. The quantitative estimate of drug-likeness (QED) is 0.482. The van der Waals surface area contributed by atoms with Gasteiger partial charge in [0.2, 0.25) is 0 Å². The number of hydrogen-bond donors (Lipinski definition) is 3. The van der Waals surface area contributed by atoms with Crippen molar-refractivity contribution in [2.45, 2.75) is 32.9 Å². The highest BCUT2D eigenvalue weighted by atomic mass is 16.5. The predicted octanol–water partition coefficient (Wildman–Crippen LogP) is 1.35. The summed E-state index contributed by atoms with van der Waals surface area (Å²) in [6, 6.07) is 8.55. The minimum atomic E-state index is 0.0738. The summed E-state index contributed by atoms with van der Waals surface area (Å²) in [5.74, 6) is 0.827. The Labute approximate surface area is 156 Å². The lowest BCUT2D eigenvalue weighted by atomic mass is 10.1. The molecule has 1 saturated carbocycles. The summed E-state index contributed by atoms with van der Waals surface area (Å²) < 4.78 is 5.44. The average molecular weight is 361 g/mol. The molecule has 0 unspecified atom stereocenters. The number of hydrogen-bond acceptors (Lipinski definition) is 4. The molecule has 1 heterocycles. The first kappa shape index (κ1) is 19.1. The molecular formula is C20H32N4O2. The Morgan fingerprint density at radius 3 is 2.58 bits per heavy atom. The van der Waals surface area contributed by atoms with Crippen LogP contribution in [0.3, 0.4) is 0 Å². The van der Waals surface area contributed by atoms with E-state index < -0.39 is 0 Å². The highest BCUT2D eigenvalue weighted by molar-refractivity contribution is 5.79. The summed E-state index contributed by atoms with van der Waals surface area (Å²) >= 11 is 0. The van der Waals surface area contributed by atoms with E-state index in [9.17, 15) is 5.11 Å². The van der Waals surface area contributed by atoms with Crippen molar-refractivity contribution in [3.8, 4) is 0 Å². The Bertz CT molecular complexity index is 595. The Hall–Kier alpha value is -1.63. The van der Waals surface area contributed by atoms with E-state index in [2.05, 4.69) is 46.7 Å². The number of ether oxygens (including phenoxy) is 1. The number of aliphatic hydroxyl groups excluding tert-OH is 1. The minimum Gasteiger partial charge on any atom is -0.396 e. The molecule has 3 rings (SSSR count). The van der Waals surface area contributed by atoms with Crippen LogP contribution in [-0.4, -0.2) is 62.0 Å². The largest absolute Gasteiger partial charge is 0.396 e. The van der Waals surface area contributed by atoms with Crippen LogP contribution in [0.1, 0.15) is 30.9 Å². The molecule has 0 aromatic heterocycles. The van der Waals surface area contributed by atoms with Crippen molar-refractivity contribution >= 4 is 5.96 Å². The topological polar surface area (TPSA) is 69.1 Å². The molecule has 2 aliphatic rings. The Balaban J connectivity index is 1.61. The van der Waals surface area contributed by atoms with Gasteiger partial charge in [0.15, 0.2) is 5.96 Å². The second-order valence-electron chi connectivity index (χ2n) is 7.36. The molecule has 3 N–H and O–H groups in total. The first-order chi connectivity index (χ1) is 12.7. The van der Waals surface area contributed by atoms with Crippen molar-refractivity contribution in [2.24, 2.45) is 10.4 Å². The van der Waals surface area contributed by atoms with Gasteiger partial charge < -0.3 is 20.5 Å². The maximum absolute atomic E-state index is 9.49. The van der Waals surface area contributed by atoms with E-state index in [0.717, 1.165) is 64.7 Å². The zero-order chi connectivity index (χ0) is 18.2. The van der Waals surface area contributed by atoms with E-state index in [0.29, 0.717) is 6.54 Å². The molecule has 1 aromatic carbocycles. The molecule has 6 heteroatoms. The zero-order valence-electron chi connectivity index (χ0n) is 15.8. The molecule has 1 aliphatic carbocycles. The maximum atomic E-state index is 9.49. The van der Waals surface area contributed by atoms with Gasteiger partial charge in [0, 0.05) is 38.1 Å². The summed E-state index contributed by atoms with van der Waals surface area (Å²) in [5, 5.41) is 16.2. The lowest BCUT2D eigenvalue weighted by Gasteiger charge is -2.27. The number of morpholine rings is 1. The molecule has 0 bridgehead atoms. The van der Waals surface area contributed by atoms with Gasteiger partial charge in [0.25, 0.3) is 0 Å². The van der Waals surface area contributed by atoms with Gasteiger partial charge in [-0.1, -0.05) is 24.3 Å². The number of rotatable bonds is 8. The van der Waals surface area contributed by atoms with Crippen molar-refractivity contribution in [1.29, 1.82) is 0 Å². The van der Waals surface area contributed by atoms with E-state index >= 15 is 0 Å². The van der Waals surface area contributed by atoms with Crippen molar-refractivity contribution in [1.82, 2.24) is 15.5 Å². The monoisotopic (exact) mass is 360 g/mol. The fraction of sp³-hybridized carbons (Fsp3) is 0.650.